The quantitative estimate of drug-likeness (QED) is 0.779. The van der Waals surface area contributed by atoms with Gasteiger partial charge in [0.2, 0.25) is 11.8 Å². The molecule has 0 radical (unpaired) electrons. The molecule has 1 rings (SSSR count). The molecule has 90 valence electrons. The largest absolute Gasteiger partial charge is 0.474 e. The van der Waals surface area contributed by atoms with Gasteiger partial charge < -0.3 is 14.8 Å². The molecule has 1 aromatic rings. The lowest BCUT2D eigenvalue weighted by molar-refractivity contribution is 0.108. The summed E-state index contributed by atoms with van der Waals surface area (Å²) >= 11 is 3.33. The first-order valence-electron chi connectivity index (χ1n) is 5.24. The van der Waals surface area contributed by atoms with Crippen molar-refractivity contribution in [3.63, 3.8) is 0 Å². The summed E-state index contributed by atoms with van der Waals surface area (Å²) in [5, 5.41) is 3.02. The zero-order chi connectivity index (χ0) is 11.8. The van der Waals surface area contributed by atoms with Crippen molar-refractivity contribution in [1.29, 1.82) is 0 Å². The van der Waals surface area contributed by atoms with Crippen LogP contribution in [-0.4, -0.2) is 36.3 Å². The first kappa shape index (κ1) is 13.2. The number of hydrogen-bond acceptors (Lipinski definition) is 5. The molecule has 0 aliphatic heterocycles. The highest BCUT2D eigenvalue weighted by atomic mass is 79.9. The van der Waals surface area contributed by atoms with Crippen molar-refractivity contribution in [3.05, 3.63) is 10.7 Å². The van der Waals surface area contributed by atoms with Gasteiger partial charge in [-0.25, -0.2) is 4.98 Å². The second kappa shape index (κ2) is 7.40. The normalized spacial score (nSPS) is 10.2. The zero-order valence-corrected chi connectivity index (χ0v) is 11.1. The summed E-state index contributed by atoms with van der Waals surface area (Å²) in [6.45, 7) is 6.44. The summed E-state index contributed by atoms with van der Waals surface area (Å²) in [4.78, 5) is 8.31. The Bertz CT molecular complexity index is 323. The number of hydrogen-bond donors (Lipinski definition) is 1. The molecule has 1 aromatic heterocycles. The van der Waals surface area contributed by atoms with Crippen LogP contribution in [0.3, 0.4) is 0 Å². The summed E-state index contributed by atoms with van der Waals surface area (Å²) < 4.78 is 11.4. The molecule has 1 N–H and O–H groups in total. The molecular formula is C10H16BrN3O2. The van der Waals surface area contributed by atoms with Gasteiger partial charge in [-0.05, 0) is 29.8 Å². The Labute approximate surface area is 104 Å². The lowest BCUT2D eigenvalue weighted by atomic mass is 10.6. The van der Waals surface area contributed by atoms with Crippen LogP contribution in [0, 0.1) is 0 Å². The predicted molar refractivity (Wildman–Crippen MR) is 65.9 cm³/mol. The Morgan fingerprint density at radius 3 is 2.88 bits per heavy atom. The van der Waals surface area contributed by atoms with Crippen molar-refractivity contribution >= 4 is 21.9 Å². The minimum Gasteiger partial charge on any atom is -0.474 e. The lowest BCUT2D eigenvalue weighted by Gasteiger charge is -2.08. The van der Waals surface area contributed by atoms with E-state index in [4.69, 9.17) is 9.47 Å². The van der Waals surface area contributed by atoms with Crippen molar-refractivity contribution < 1.29 is 9.47 Å². The second-order valence-electron chi connectivity index (χ2n) is 2.92. The highest BCUT2D eigenvalue weighted by Crippen LogP contribution is 2.22. The van der Waals surface area contributed by atoms with Gasteiger partial charge in [0.05, 0.1) is 17.3 Å². The van der Waals surface area contributed by atoms with E-state index < -0.39 is 0 Å². The van der Waals surface area contributed by atoms with Crippen LogP contribution in [0.2, 0.25) is 0 Å². The molecule has 0 aliphatic carbocycles. The third-order valence-corrected chi connectivity index (χ3v) is 2.26. The van der Waals surface area contributed by atoms with Crippen LogP contribution < -0.4 is 10.1 Å². The molecule has 0 saturated heterocycles. The number of rotatable bonds is 7. The SMILES string of the molecule is CCNc1ncc(Br)c(OCCOCC)n1. The number of anilines is 1. The molecule has 5 nitrogen and oxygen atoms in total. The number of nitrogens with zero attached hydrogens (tertiary/aromatic N) is 2. The predicted octanol–water partition coefficient (Wildman–Crippen LogP) is 2.09. The molecule has 0 spiro atoms. The maximum Gasteiger partial charge on any atom is 0.232 e. The van der Waals surface area contributed by atoms with Crippen LogP contribution in [-0.2, 0) is 4.74 Å². The number of halogens is 1. The molecule has 6 heteroatoms. The van der Waals surface area contributed by atoms with Gasteiger partial charge in [-0.3, -0.25) is 0 Å². The molecule has 0 saturated carbocycles. The van der Waals surface area contributed by atoms with E-state index in [0.717, 1.165) is 11.0 Å². The molecule has 0 atom stereocenters. The van der Waals surface area contributed by atoms with E-state index >= 15 is 0 Å². The molecule has 1 heterocycles. The number of aromatic nitrogens is 2. The van der Waals surface area contributed by atoms with Crippen LogP contribution in [0.25, 0.3) is 0 Å². The van der Waals surface area contributed by atoms with Gasteiger partial charge in [-0.2, -0.15) is 4.98 Å². The van der Waals surface area contributed by atoms with Gasteiger partial charge in [-0.15, -0.1) is 0 Å². The van der Waals surface area contributed by atoms with Gasteiger partial charge in [0.25, 0.3) is 0 Å². The Kier molecular flexibility index (Phi) is 6.10. The first-order valence-corrected chi connectivity index (χ1v) is 6.04. The van der Waals surface area contributed by atoms with Gasteiger partial charge in [0, 0.05) is 13.2 Å². The van der Waals surface area contributed by atoms with Crippen LogP contribution >= 0.6 is 15.9 Å². The Morgan fingerprint density at radius 2 is 2.19 bits per heavy atom. The third kappa shape index (κ3) is 4.32. The van der Waals surface area contributed by atoms with E-state index in [9.17, 15) is 0 Å². The van der Waals surface area contributed by atoms with Crippen molar-refractivity contribution in [2.24, 2.45) is 0 Å². The first-order chi connectivity index (χ1) is 7.77. The molecule has 0 unspecified atom stereocenters. The monoisotopic (exact) mass is 289 g/mol. The molecule has 0 fully saturated rings. The van der Waals surface area contributed by atoms with E-state index in [1.165, 1.54) is 0 Å². The van der Waals surface area contributed by atoms with Crippen LogP contribution in [0.4, 0.5) is 5.95 Å². The van der Waals surface area contributed by atoms with Crippen molar-refractivity contribution in [3.8, 4) is 5.88 Å². The minimum atomic E-state index is 0.481. The molecule has 0 aromatic carbocycles. The maximum atomic E-state index is 5.46. The molecule has 0 bridgehead atoms. The smallest absolute Gasteiger partial charge is 0.232 e. The maximum absolute atomic E-state index is 5.46. The minimum absolute atomic E-state index is 0.481. The van der Waals surface area contributed by atoms with Gasteiger partial charge in [0.15, 0.2) is 0 Å². The second-order valence-corrected chi connectivity index (χ2v) is 3.78. The van der Waals surface area contributed by atoms with E-state index in [0.29, 0.717) is 31.6 Å². The van der Waals surface area contributed by atoms with Crippen LogP contribution in [0.1, 0.15) is 13.8 Å². The fourth-order valence-electron chi connectivity index (χ4n) is 1.04. The number of ether oxygens (including phenoxy) is 2. The molecule has 16 heavy (non-hydrogen) atoms. The van der Waals surface area contributed by atoms with E-state index in [-0.39, 0.29) is 0 Å². The Hall–Kier alpha value is -0.880. The highest BCUT2D eigenvalue weighted by Gasteiger charge is 2.05. The Balaban J connectivity index is 2.52. The van der Waals surface area contributed by atoms with Crippen LogP contribution in [0.5, 0.6) is 5.88 Å². The summed E-state index contributed by atoms with van der Waals surface area (Å²) in [6.07, 6.45) is 1.67. The lowest BCUT2D eigenvalue weighted by Crippen LogP contribution is -2.09. The fraction of sp³-hybridized carbons (Fsp3) is 0.600. The fourth-order valence-corrected chi connectivity index (χ4v) is 1.34. The summed E-state index contributed by atoms with van der Waals surface area (Å²) in [7, 11) is 0. The topological polar surface area (TPSA) is 56.3 Å². The standard InChI is InChI=1S/C10H16BrN3O2/c1-3-12-10-13-7-8(11)9(14-10)16-6-5-15-4-2/h7H,3-6H2,1-2H3,(H,12,13,14). The summed E-state index contributed by atoms with van der Waals surface area (Å²) in [5.41, 5.74) is 0. The van der Waals surface area contributed by atoms with Gasteiger partial charge >= 0.3 is 0 Å². The van der Waals surface area contributed by atoms with Crippen LogP contribution in [0.15, 0.2) is 10.7 Å². The van der Waals surface area contributed by atoms with E-state index in [2.05, 4.69) is 31.2 Å². The summed E-state index contributed by atoms with van der Waals surface area (Å²) in [6, 6.07) is 0. The van der Waals surface area contributed by atoms with Crippen molar-refractivity contribution in [2.45, 2.75) is 13.8 Å². The molecule has 0 aliphatic rings. The van der Waals surface area contributed by atoms with E-state index in [1.807, 2.05) is 13.8 Å². The molecular weight excluding hydrogens is 274 g/mol. The summed E-state index contributed by atoms with van der Waals surface area (Å²) in [5.74, 6) is 1.10. The van der Waals surface area contributed by atoms with Gasteiger partial charge in [0.1, 0.15) is 6.61 Å². The number of nitrogens with one attached hydrogen (secondary N) is 1. The third-order valence-electron chi connectivity index (χ3n) is 1.72. The van der Waals surface area contributed by atoms with E-state index in [1.54, 1.807) is 6.20 Å². The zero-order valence-electron chi connectivity index (χ0n) is 9.49. The Morgan fingerprint density at radius 1 is 1.38 bits per heavy atom. The molecule has 0 amide bonds. The van der Waals surface area contributed by atoms with Crippen molar-refractivity contribution in [2.75, 3.05) is 31.7 Å². The average molecular weight is 290 g/mol. The average Bonchev–Trinajstić information content (AvgIpc) is 2.29. The highest BCUT2D eigenvalue weighted by molar-refractivity contribution is 9.10. The van der Waals surface area contributed by atoms with Gasteiger partial charge in [-0.1, -0.05) is 0 Å². The van der Waals surface area contributed by atoms with Crippen molar-refractivity contribution in [1.82, 2.24) is 9.97 Å².